The Bertz CT molecular complexity index is 928. The Balaban J connectivity index is 2.53. The zero-order chi connectivity index (χ0) is 17.9. The molecule has 0 aliphatic heterocycles. The molecule has 1 N–H and O–H groups in total. The van der Waals surface area contributed by atoms with Gasteiger partial charge in [-0.25, -0.2) is 12.7 Å². The Kier molecular flexibility index (Phi) is 5.70. The molecule has 24 heavy (non-hydrogen) atoms. The third-order valence-corrected chi connectivity index (χ3v) is 5.63. The summed E-state index contributed by atoms with van der Waals surface area (Å²) in [6, 6.07) is 7.76. The molecule has 0 spiro atoms. The number of hydrogen-bond donors (Lipinski definition) is 1. The molecule has 1 heterocycles. The first kappa shape index (κ1) is 18.5. The van der Waals surface area contributed by atoms with Gasteiger partial charge in [0.15, 0.2) is 4.77 Å². The molecule has 7 nitrogen and oxygen atoms in total. The third kappa shape index (κ3) is 3.81. The minimum absolute atomic E-state index is 0.183. The van der Waals surface area contributed by atoms with E-state index in [0.717, 1.165) is 4.31 Å². The highest BCUT2D eigenvalue weighted by Crippen LogP contribution is 2.21. The van der Waals surface area contributed by atoms with Crippen molar-refractivity contribution in [1.29, 1.82) is 0 Å². The van der Waals surface area contributed by atoms with Gasteiger partial charge in [-0.2, -0.15) is 0 Å². The van der Waals surface area contributed by atoms with Gasteiger partial charge >= 0.3 is 0 Å². The molecule has 1 aromatic heterocycles. The Labute approximate surface area is 145 Å². The quantitative estimate of drug-likeness (QED) is 0.780. The van der Waals surface area contributed by atoms with E-state index in [0.29, 0.717) is 29.2 Å². The van der Waals surface area contributed by atoms with Crippen LogP contribution >= 0.6 is 12.2 Å². The average Bonchev–Trinajstić information content (AvgIpc) is 2.53. The summed E-state index contributed by atoms with van der Waals surface area (Å²) in [5.74, 6) is 0. The number of rotatable bonds is 6. The molecule has 0 saturated heterocycles. The van der Waals surface area contributed by atoms with Crippen molar-refractivity contribution in [3.8, 4) is 11.3 Å². The molecular formula is C15H19N3O4S2. The smallest absolute Gasteiger partial charge is 0.252 e. The largest absolute Gasteiger partial charge is 0.383 e. The van der Waals surface area contributed by atoms with Crippen molar-refractivity contribution in [2.45, 2.75) is 11.4 Å². The van der Waals surface area contributed by atoms with Crippen molar-refractivity contribution in [2.24, 2.45) is 0 Å². The predicted molar refractivity (Wildman–Crippen MR) is 94.1 cm³/mol. The number of sulfonamides is 1. The number of nitrogens with zero attached hydrogens (tertiary/aromatic N) is 2. The summed E-state index contributed by atoms with van der Waals surface area (Å²) in [6.07, 6.45) is 0. The highest BCUT2D eigenvalue weighted by atomic mass is 32.2. The number of H-pyrrole nitrogens is 1. The van der Waals surface area contributed by atoms with Crippen molar-refractivity contribution >= 4 is 22.2 Å². The average molecular weight is 369 g/mol. The van der Waals surface area contributed by atoms with E-state index in [1.54, 1.807) is 23.8 Å². The number of aromatic amines is 1. The monoisotopic (exact) mass is 369 g/mol. The highest BCUT2D eigenvalue weighted by Gasteiger charge is 2.17. The lowest BCUT2D eigenvalue weighted by Gasteiger charge is -2.15. The van der Waals surface area contributed by atoms with Gasteiger partial charge < -0.3 is 9.30 Å². The van der Waals surface area contributed by atoms with Crippen LogP contribution in [0.5, 0.6) is 0 Å². The fourth-order valence-electron chi connectivity index (χ4n) is 2.17. The lowest BCUT2D eigenvalue weighted by molar-refractivity contribution is 0.187. The summed E-state index contributed by atoms with van der Waals surface area (Å²) < 4.78 is 32.5. The molecule has 0 fully saturated rings. The van der Waals surface area contributed by atoms with Gasteiger partial charge in [0, 0.05) is 33.8 Å². The second-order valence-electron chi connectivity index (χ2n) is 5.28. The summed E-state index contributed by atoms with van der Waals surface area (Å²) in [4.78, 5) is 14.5. The topological polar surface area (TPSA) is 84.4 Å². The van der Waals surface area contributed by atoms with Crippen LogP contribution in [0.3, 0.4) is 0 Å². The second kappa shape index (κ2) is 7.39. The molecule has 2 aromatic rings. The molecule has 2 rings (SSSR count). The van der Waals surface area contributed by atoms with Crippen LogP contribution in [0.25, 0.3) is 11.3 Å². The normalized spacial score (nSPS) is 11.8. The van der Waals surface area contributed by atoms with Crippen molar-refractivity contribution in [2.75, 3.05) is 27.8 Å². The Morgan fingerprint density at radius 3 is 2.42 bits per heavy atom. The molecule has 1 aromatic carbocycles. The first-order valence-corrected chi connectivity index (χ1v) is 8.98. The molecular weight excluding hydrogens is 350 g/mol. The first-order valence-electron chi connectivity index (χ1n) is 7.13. The van der Waals surface area contributed by atoms with Gasteiger partial charge in [0.25, 0.3) is 5.56 Å². The number of benzene rings is 1. The minimum atomic E-state index is -3.50. The number of aromatic nitrogens is 2. The molecule has 0 radical (unpaired) electrons. The maximum Gasteiger partial charge on any atom is 0.252 e. The van der Waals surface area contributed by atoms with Gasteiger partial charge in [-0.15, -0.1) is 0 Å². The molecule has 0 atom stereocenters. The van der Waals surface area contributed by atoms with E-state index in [-0.39, 0.29) is 10.5 Å². The van der Waals surface area contributed by atoms with Crippen molar-refractivity contribution in [3.63, 3.8) is 0 Å². The van der Waals surface area contributed by atoms with E-state index < -0.39 is 10.0 Å². The zero-order valence-corrected chi connectivity index (χ0v) is 15.3. The van der Waals surface area contributed by atoms with Crippen LogP contribution in [-0.4, -0.2) is 50.1 Å². The van der Waals surface area contributed by atoms with Crippen LogP contribution in [0, 0.1) is 4.77 Å². The highest BCUT2D eigenvalue weighted by molar-refractivity contribution is 7.89. The number of methoxy groups -OCH3 is 1. The standard InChI is InChI=1S/C15H19N3O4S2/c1-17(2)24(20,21)12-6-4-11(5-7-12)13-10-14(19)16-15(23)18(13)8-9-22-3/h4-7,10H,8-9H2,1-3H3,(H,16,19,23). The molecule has 0 unspecified atom stereocenters. The zero-order valence-electron chi connectivity index (χ0n) is 13.6. The molecule has 9 heteroatoms. The van der Waals surface area contributed by atoms with Crippen LogP contribution in [0.1, 0.15) is 0 Å². The fraction of sp³-hybridized carbons (Fsp3) is 0.333. The van der Waals surface area contributed by atoms with Crippen molar-refractivity contribution < 1.29 is 13.2 Å². The second-order valence-corrected chi connectivity index (χ2v) is 7.82. The molecule has 0 aliphatic rings. The van der Waals surface area contributed by atoms with E-state index in [9.17, 15) is 13.2 Å². The van der Waals surface area contributed by atoms with Gasteiger partial charge in [-0.05, 0) is 29.9 Å². The lowest BCUT2D eigenvalue weighted by Crippen LogP contribution is -2.22. The summed E-state index contributed by atoms with van der Waals surface area (Å²) >= 11 is 5.21. The van der Waals surface area contributed by atoms with Crippen LogP contribution in [0.4, 0.5) is 0 Å². The van der Waals surface area contributed by atoms with Crippen LogP contribution in [-0.2, 0) is 21.3 Å². The minimum Gasteiger partial charge on any atom is -0.383 e. The van der Waals surface area contributed by atoms with Crippen molar-refractivity contribution in [3.05, 3.63) is 45.5 Å². The fourth-order valence-corrected chi connectivity index (χ4v) is 3.36. The molecule has 0 amide bonds. The Hall–Kier alpha value is -1.81. The number of nitrogens with one attached hydrogen (secondary N) is 1. The van der Waals surface area contributed by atoms with E-state index in [1.807, 2.05) is 0 Å². The SMILES string of the molecule is COCCn1c(-c2ccc(S(=O)(=O)N(C)C)cc2)cc(=O)[nH]c1=S. The van der Waals surface area contributed by atoms with Crippen LogP contribution in [0.2, 0.25) is 0 Å². The number of ether oxygens (including phenoxy) is 1. The molecule has 0 saturated carbocycles. The van der Waals surface area contributed by atoms with Crippen LogP contribution < -0.4 is 5.56 Å². The van der Waals surface area contributed by atoms with Gasteiger partial charge in [0.05, 0.1) is 17.2 Å². The maximum absolute atomic E-state index is 12.1. The van der Waals surface area contributed by atoms with Gasteiger partial charge in [-0.1, -0.05) is 12.1 Å². The lowest BCUT2D eigenvalue weighted by atomic mass is 10.1. The number of hydrogen-bond acceptors (Lipinski definition) is 5. The Morgan fingerprint density at radius 1 is 1.25 bits per heavy atom. The van der Waals surface area contributed by atoms with E-state index >= 15 is 0 Å². The Morgan fingerprint density at radius 2 is 1.88 bits per heavy atom. The van der Waals surface area contributed by atoms with Crippen LogP contribution in [0.15, 0.2) is 40.0 Å². The summed E-state index contributed by atoms with van der Waals surface area (Å²) in [5.41, 5.74) is 0.990. The molecule has 130 valence electrons. The first-order chi connectivity index (χ1) is 11.3. The van der Waals surface area contributed by atoms with Gasteiger partial charge in [0.2, 0.25) is 10.0 Å². The maximum atomic E-state index is 12.1. The summed E-state index contributed by atoms with van der Waals surface area (Å²) in [7, 11) is 1.03. The van der Waals surface area contributed by atoms with E-state index in [1.165, 1.54) is 32.3 Å². The molecule has 0 aliphatic carbocycles. The molecule has 0 bridgehead atoms. The summed E-state index contributed by atoms with van der Waals surface area (Å²) in [6.45, 7) is 0.902. The third-order valence-electron chi connectivity index (χ3n) is 3.48. The van der Waals surface area contributed by atoms with Gasteiger partial charge in [0.1, 0.15) is 0 Å². The van der Waals surface area contributed by atoms with Gasteiger partial charge in [-0.3, -0.25) is 9.78 Å². The van der Waals surface area contributed by atoms with Crippen molar-refractivity contribution in [1.82, 2.24) is 13.9 Å². The summed E-state index contributed by atoms with van der Waals surface area (Å²) in [5, 5.41) is 0. The van der Waals surface area contributed by atoms with E-state index in [4.69, 9.17) is 17.0 Å². The predicted octanol–water partition coefficient (Wildman–Crippen LogP) is 1.47. The van der Waals surface area contributed by atoms with E-state index in [2.05, 4.69) is 4.98 Å².